The maximum absolute atomic E-state index is 16.3. The number of unbranched alkanes of at least 4 members (excludes halogenated alkanes) is 2. The molecule has 20 heteroatoms. The van der Waals surface area contributed by atoms with Crippen molar-refractivity contribution in [2.75, 3.05) is 26.4 Å². The SMILES string of the molecule is C[C@H]1O[C@@H](C2(OC(=O)C34CCC(C)(C)CC3C3=CCC5C6(C)CC[C@H](O)[C@](C)(CO)[C@@H]6CC[C@]5(C)[C@]3(C)C[C@@H]4O)OC3C(O)C(NC(=O)CCCCCN)[C@H](CO)O[C@H]32)C(O)C(O)C1O[C@@H]1OCC(OCc2ccccc2)C(OCc2ccccc2)C1O. The van der Waals surface area contributed by atoms with Crippen LogP contribution in [-0.2, 0) is 60.7 Å². The van der Waals surface area contributed by atoms with E-state index >= 15 is 4.79 Å². The Morgan fingerprint density at radius 2 is 1.42 bits per heavy atom. The molecule has 2 aromatic carbocycles. The third kappa shape index (κ3) is 11.2. The molecule has 4 saturated heterocycles. The highest BCUT2D eigenvalue weighted by molar-refractivity contribution is 5.80. The molecule has 0 aromatic heterocycles. The molecule has 88 heavy (non-hydrogen) atoms. The van der Waals surface area contributed by atoms with Gasteiger partial charge in [-0.15, -0.1) is 0 Å². The molecule has 25 atom stereocenters. The van der Waals surface area contributed by atoms with Crippen LogP contribution in [0, 0.1) is 50.2 Å². The summed E-state index contributed by atoms with van der Waals surface area (Å²) in [7, 11) is 0. The number of nitrogens with two attached hydrogens (primary N) is 1. The van der Waals surface area contributed by atoms with Crippen LogP contribution >= 0.6 is 0 Å². The quantitative estimate of drug-likeness (QED) is 0.0521. The van der Waals surface area contributed by atoms with Gasteiger partial charge < -0.3 is 89.8 Å². The highest BCUT2D eigenvalue weighted by Crippen LogP contribution is 2.76. The number of aliphatic hydroxyl groups excluding tert-OH is 8. The second kappa shape index (κ2) is 25.4. The number of benzene rings is 2. The maximum atomic E-state index is 16.3. The smallest absolute Gasteiger partial charge is 0.318 e. The number of amides is 1. The molecule has 0 spiro atoms. The summed E-state index contributed by atoms with van der Waals surface area (Å²) in [6.45, 7) is 14.8. The first kappa shape index (κ1) is 66.0. The van der Waals surface area contributed by atoms with Crippen LogP contribution in [0.1, 0.15) is 143 Å². The Morgan fingerprint density at radius 1 is 0.727 bits per heavy atom. The minimum atomic E-state index is -2.45. The summed E-state index contributed by atoms with van der Waals surface area (Å²) in [5.74, 6) is -4.01. The van der Waals surface area contributed by atoms with Crippen molar-refractivity contribution in [2.45, 2.75) is 249 Å². The molecular weight excluding hydrogens is 1130 g/mol. The van der Waals surface area contributed by atoms with Gasteiger partial charge in [0.15, 0.2) is 18.5 Å². The number of aliphatic hydroxyl groups is 8. The number of nitrogens with one attached hydrogen (secondary N) is 1. The molecule has 490 valence electrons. The first-order valence-corrected chi connectivity index (χ1v) is 32.7. The zero-order chi connectivity index (χ0) is 62.9. The van der Waals surface area contributed by atoms with E-state index in [9.17, 15) is 45.6 Å². The lowest BCUT2D eigenvalue weighted by molar-refractivity contribution is -0.472. The van der Waals surface area contributed by atoms with E-state index in [-0.39, 0.29) is 73.8 Å². The fraction of sp³-hybridized carbons (Fsp3) is 0.765. The van der Waals surface area contributed by atoms with Crippen LogP contribution in [0.5, 0.6) is 0 Å². The zero-order valence-corrected chi connectivity index (χ0v) is 52.5. The van der Waals surface area contributed by atoms with E-state index in [1.54, 1.807) is 6.92 Å². The number of hydrogen-bond acceptors (Lipinski definition) is 19. The Balaban J connectivity index is 0.897. The van der Waals surface area contributed by atoms with Crippen molar-refractivity contribution in [1.29, 1.82) is 0 Å². The summed E-state index contributed by atoms with van der Waals surface area (Å²) >= 11 is 0. The van der Waals surface area contributed by atoms with E-state index < -0.39 is 144 Å². The molecule has 2 aromatic rings. The van der Waals surface area contributed by atoms with Crippen LogP contribution in [0.2, 0.25) is 0 Å². The Hall–Kier alpha value is -3.52. The van der Waals surface area contributed by atoms with Gasteiger partial charge in [-0.25, -0.2) is 0 Å². The minimum Gasteiger partial charge on any atom is -0.426 e. The van der Waals surface area contributed by atoms with Gasteiger partial charge in [-0.1, -0.05) is 120 Å². The summed E-state index contributed by atoms with van der Waals surface area (Å²) in [6, 6.07) is 17.8. The van der Waals surface area contributed by atoms with Crippen molar-refractivity contribution in [2.24, 2.45) is 56.0 Å². The topological polar surface area (TPSA) is 308 Å². The highest BCUT2D eigenvalue weighted by atomic mass is 16.8. The number of rotatable bonds is 19. The number of carbonyl (C=O) groups excluding carboxylic acids is 2. The summed E-state index contributed by atoms with van der Waals surface area (Å²) in [6.07, 6.45) is -10.7. The molecule has 0 bridgehead atoms. The second-order valence-corrected chi connectivity index (χ2v) is 29.5. The van der Waals surface area contributed by atoms with Crippen molar-refractivity contribution < 1.29 is 88.3 Å². The number of allylic oxidation sites excluding steroid dienone is 2. The van der Waals surface area contributed by atoms with Crippen molar-refractivity contribution in [3.63, 3.8) is 0 Å². The molecule has 0 radical (unpaired) electrons. The largest absolute Gasteiger partial charge is 0.426 e. The molecule has 5 aliphatic carbocycles. The Morgan fingerprint density at radius 3 is 2.09 bits per heavy atom. The Kier molecular flexibility index (Phi) is 19.0. The molecule has 11 N–H and O–H groups in total. The molecule has 8 fully saturated rings. The summed E-state index contributed by atoms with van der Waals surface area (Å²) in [5.41, 5.74) is 4.81. The predicted molar refractivity (Wildman–Crippen MR) is 320 cm³/mol. The molecule has 4 aliphatic heterocycles. The van der Waals surface area contributed by atoms with Gasteiger partial charge >= 0.3 is 5.97 Å². The van der Waals surface area contributed by atoms with Gasteiger partial charge in [0.25, 0.3) is 5.79 Å². The molecule has 9 aliphatic rings. The number of carbonyl (C=O) groups is 2. The molecule has 4 saturated carbocycles. The standard InChI is InChI=1S/C68H100N2O18/c1-38-55(86-60-54(79)56(82-35-40-19-13-9-14-20-40)44(36-83-60)81-34-39-17-11-8-12-18-39)52(77)53(78)58(84-38)68(59-57(87-68)51(76)50(43(33-71)85-59)70-49(75)21-15-10-16-30-69)88-61(80)67-29-28-62(2,3)31-42(67)41-22-23-46-63(4)26-25-47(73)64(5,37-72)45(63)24-27-65(46,6)66(41,7)32-48(67)74/h8-9,11-14,17-20,22,38,42-48,50-60,71-74,76-79H,10,15-16,21,23-37,69H2,1-7H3,(H,70,75)/t38-,42?,43+,44?,45-,46?,47+,48+,50?,51?,52?,53?,54?,55?,56?,57?,58-,59-,60+,63?,64-,65+,66-,67?,68?/m1/s1. The second-order valence-electron chi connectivity index (χ2n) is 29.5. The third-order valence-electron chi connectivity index (χ3n) is 24.0. The Bertz CT molecular complexity index is 2780. The number of hydrogen-bond donors (Lipinski definition) is 10. The van der Waals surface area contributed by atoms with Crippen LogP contribution in [0.15, 0.2) is 72.3 Å². The molecule has 20 nitrogen and oxygen atoms in total. The van der Waals surface area contributed by atoms with E-state index in [0.717, 1.165) is 42.4 Å². The van der Waals surface area contributed by atoms with Gasteiger partial charge in [-0.05, 0) is 135 Å². The van der Waals surface area contributed by atoms with Crippen molar-refractivity contribution in [3.05, 3.63) is 83.4 Å². The molecule has 4 heterocycles. The van der Waals surface area contributed by atoms with Crippen LogP contribution in [0.25, 0.3) is 0 Å². The first-order chi connectivity index (χ1) is 41.9. The number of esters is 1. The van der Waals surface area contributed by atoms with Crippen molar-refractivity contribution >= 4 is 11.9 Å². The van der Waals surface area contributed by atoms with E-state index in [2.05, 4.69) is 46.0 Å². The van der Waals surface area contributed by atoms with Crippen LogP contribution in [-0.4, -0.2) is 183 Å². The van der Waals surface area contributed by atoms with E-state index in [0.29, 0.717) is 45.1 Å². The average Bonchev–Trinajstić information content (AvgIpc) is 0.683. The summed E-state index contributed by atoms with van der Waals surface area (Å²) in [5, 5.41) is 98.8. The Labute approximate surface area is 518 Å². The van der Waals surface area contributed by atoms with Gasteiger partial charge in [-0.2, -0.15) is 0 Å². The van der Waals surface area contributed by atoms with Crippen LogP contribution in [0.3, 0.4) is 0 Å². The predicted octanol–water partition coefficient (Wildman–Crippen LogP) is 4.64. The number of ether oxygens (including phenoxy) is 8. The lowest BCUT2D eigenvalue weighted by atomic mass is 9.33. The fourth-order valence-electron chi connectivity index (χ4n) is 18.6. The van der Waals surface area contributed by atoms with E-state index in [1.807, 2.05) is 67.6 Å². The number of fused-ring (bicyclic) bond motifs is 8. The lowest BCUT2D eigenvalue weighted by Gasteiger charge is -2.72. The maximum Gasteiger partial charge on any atom is 0.318 e. The average molecular weight is 1230 g/mol. The van der Waals surface area contributed by atoms with Crippen molar-refractivity contribution in [1.82, 2.24) is 5.32 Å². The van der Waals surface area contributed by atoms with Gasteiger partial charge in [0.2, 0.25) is 5.91 Å². The van der Waals surface area contributed by atoms with Gasteiger partial charge in [-0.3, -0.25) is 9.59 Å². The summed E-state index contributed by atoms with van der Waals surface area (Å²) in [4.78, 5) is 29.7. The first-order valence-electron chi connectivity index (χ1n) is 32.7. The molecule has 11 rings (SSSR count). The lowest BCUT2D eigenvalue weighted by Crippen LogP contribution is -2.84. The normalized spacial score (nSPS) is 46.0. The van der Waals surface area contributed by atoms with Gasteiger partial charge in [0.1, 0.15) is 60.4 Å². The van der Waals surface area contributed by atoms with E-state index in [4.69, 9.17) is 43.6 Å². The van der Waals surface area contributed by atoms with Gasteiger partial charge in [0.05, 0.1) is 57.4 Å². The monoisotopic (exact) mass is 1230 g/mol. The third-order valence-corrected chi connectivity index (χ3v) is 24.0. The molecule has 1 amide bonds. The van der Waals surface area contributed by atoms with Crippen LogP contribution in [0.4, 0.5) is 0 Å². The molecular formula is C68H100N2O18. The van der Waals surface area contributed by atoms with Crippen molar-refractivity contribution in [3.8, 4) is 0 Å². The zero-order valence-electron chi connectivity index (χ0n) is 52.5. The molecule has 14 unspecified atom stereocenters. The minimum absolute atomic E-state index is 0.0657. The fourth-order valence-corrected chi connectivity index (χ4v) is 18.6. The van der Waals surface area contributed by atoms with Crippen LogP contribution < -0.4 is 11.1 Å². The highest BCUT2D eigenvalue weighted by Gasteiger charge is 2.77. The summed E-state index contributed by atoms with van der Waals surface area (Å²) < 4.78 is 52.2. The van der Waals surface area contributed by atoms with Gasteiger partial charge in [0, 0.05) is 11.8 Å². The van der Waals surface area contributed by atoms with E-state index in [1.165, 1.54) is 0 Å².